The molecule has 0 aliphatic heterocycles. The second-order valence-corrected chi connectivity index (χ2v) is 6.46. The first-order valence-corrected chi connectivity index (χ1v) is 8.06. The molecular weight excluding hydrogens is 323 g/mol. The van der Waals surface area contributed by atoms with E-state index in [2.05, 4.69) is 0 Å². The molecule has 1 heterocycles. The van der Waals surface area contributed by atoms with E-state index in [-0.39, 0.29) is 6.54 Å². The van der Waals surface area contributed by atoms with Crippen molar-refractivity contribution >= 4 is 17.2 Å². The molecule has 1 aromatic heterocycles. The quantitative estimate of drug-likeness (QED) is 0.776. The van der Waals surface area contributed by atoms with Crippen LogP contribution in [-0.2, 0) is 6.54 Å². The van der Waals surface area contributed by atoms with Gasteiger partial charge in [0.1, 0.15) is 6.54 Å². The normalized spacial score (nSPS) is 11.6. The SMILES string of the molecule is Cc1cc(C)c(C(=O)N(Cc2ccsc2)CC(F)(F)F)c(C)c1. The number of alkyl halides is 3. The molecule has 0 N–H and O–H groups in total. The summed E-state index contributed by atoms with van der Waals surface area (Å²) in [6.07, 6.45) is -4.43. The fraction of sp³-hybridized carbons (Fsp3) is 0.353. The molecular formula is C17H18F3NOS. The Bertz CT molecular complexity index is 669. The third-order valence-electron chi connectivity index (χ3n) is 3.50. The highest BCUT2D eigenvalue weighted by Gasteiger charge is 2.34. The Labute approximate surface area is 137 Å². The fourth-order valence-corrected chi connectivity index (χ4v) is 3.35. The van der Waals surface area contributed by atoms with Crippen LogP contribution in [0.15, 0.2) is 29.0 Å². The van der Waals surface area contributed by atoms with Crippen LogP contribution in [0.4, 0.5) is 13.2 Å². The lowest BCUT2D eigenvalue weighted by Crippen LogP contribution is -2.39. The number of aryl methyl sites for hydroxylation is 3. The van der Waals surface area contributed by atoms with E-state index in [9.17, 15) is 18.0 Å². The number of benzene rings is 1. The van der Waals surface area contributed by atoms with Gasteiger partial charge in [0.05, 0.1) is 0 Å². The summed E-state index contributed by atoms with van der Waals surface area (Å²) in [6.45, 7) is 4.10. The molecule has 23 heavy (non-hydrogen) atoms. The third-order valence-corrected chi connectivity index (χ3v) is 4.23. The van der Waals surface area contributed by atoms with Gasteiger partial charge >= 0.3 is 6.18 Å². The zero-order chi connectivity index (χ0) is 17.2. The van der Waals surface area contributed by atoms with E-state index in [1.54, 1.807) is 30.7 Å². The first-order chi connectivity index (χ1) is 10.7. The monoisotopic (exact) mass is 341 g/mol. The van der Waals surface area contributed by atoms with Crippen molar-refractivity contribution in [2.45, 2.75) is 33.5 Å². The average Bonchev–Trinajstić information content (AvgIpc) is 2.87. The molecule has 2 nitrogen and oxygen atoms in total. The van der Waals surface area contributed by atoms with Gasteiger partial charge in [-0.2, -0.15) is 24.5 Å². The fourth-order valence-electron chi connectivity index (χ4n) is 2.69. The van der Waals surface area contributed by atoms with Gasteiger partial charge in [0.2, 0.25) is 0 Å². The summed E-state index contributed by atoms with van der Waals surface area (Å²) in [5.41, 5.74) is 3.44. The Hall–Kier alpha value is -1.82. The number of nitrogens with zero attached hydrogens (tertiary/aromatic N) is 1. The highest BCUT2D eigenvalue weighted by atomic mass is 32.1. The first kappa shape index (κ1) is 17.5. The smallest absolute Gasteiger partial charge is 0.325 e. The minimum Gasteiger partial charge on any atom is -0.325 e. The molecule has 0 unspecified atom stereocenters. The first-order valence-electron chi connectivity index (χ1n) is 7.12. The van der Waals surface area contributed by atoms with Gasteiger partial charge in [-0.3, -0.25) is 4.79 Å². The number of hydrogen-bond acceptors (Lipinski definition) is 2. The van der Waals surface area contributed by atoms with E-state index < -0.39 is 18.6 Å². The molecule has 0 bridgehead atoms. The van der Waals surface area contributed by atoms with Gasteiger partial charge in [-0.05, 0) is 54.3 Å². The average molecular weight is 341 g/mol. The highest BCUT2D eigenvalue weighted by molar-refractivity contribution is 7.07. The molecule has 0 spiro atoms. The van der Waals surface area contributed by atoms with Crippen molar-refractivity contribution in [3.63, 3.8) is 0 Å². The molecule has 0 fully saturated rings. The second kappa shape index (κ2) is 6.74. The third kappa shape index (κ3) is 4.58. The lowest BCUT2D eigenvalue weighted by Gasteiger charge is -2.25. The van der Waals surface area contributed by atoms with E-state index in [0.29, 0.717) is 22.3 Å². The minimum atomic E-state index is -4.43. The summed E-state index contributed by atoms with van der Waals surface area (Å²) in [7, 11) is 0. The van der Waals surface area contributed by atoms with E-state index in [1.807, 2.05) is 19.1 Å². The van der Waals surface area contributed by atoms with Crippen LogP contribution in [0.25, 0.3) is 0 Å². The lowest BCUT2D eigenvalue weighted by atomic mass is 9.98. The molecule has 124 valence electrons. The molecule has 6 heteroatoms. The minimum absolute atomic E-state index is 0.0470. The molecule has 0 radical (unpaired) electrons. The van der Waals surface area contributed by atoms with Crippen LogP contribution in [0, 0.1) is 20.8 Å². The van der Waals surface area contributed by atoms with Crippen molar-refractivity contribution in [2.24, 2.45) is 0 Å². The number of halogens is 3. The Morgan fingerprint density at radius 2 is 1.78 bits per heavy atom. The molecule has 0 saturated heterocycles. The summed E-state index contributed by atoms with van der Waals surface area (Å²) in [5.74, 6) is -0.580. The van der Waals surface area contributed by atoms with Crippen molar-refractivity contribution in [3.8, 4) is 0 Å². The van der Waals surface area contributed by atoms with Gasteiger partial charge < -0.3 is 4.90 Å². The number of thiophene rings is 1. The number of hydrogen-bond donors (Lipinski definition) is 0. The van der Waals surface area contributed by atoms with Crippen LogP contribution in [0.2, 0.25) is 0 Å². The van der Waals surface area contributed by atoms with Crippen LogP contribution in [-0.4, -0.2) is 23.5 Å². The summed E-state index contributed by atoms with van der Waals surface area (Å²) >= 11 is 1.40. The van der Waals surface area contributed by atoms with E-state index in [0.717, 1.165) is 10.5 Å². The molecule has 0 aliphatic rings. The van der Waals surface area contributed by atoms with Gasteiger partial charge in [-0.15, -0.1) is 0 Å². The van der Waals surface area contributed by atoms with Crippen molar-refractivity contribution in [1.29, 1.82) is 0 Å². The summed E-state index contributed by atoms with van der Waals surface area (Å²) < 4.78 is 38.7. The summed E-state index contributed by atoms with van der Waals surface area (Å²) in [4.78, 5) is 13.6. The Morgan fingerprint density at radius 1 is 1.17 bits per heavy atom. The number of rotatable bonds is 4. The second-order valence-electron chi connectivity index (χ2n) is 5.68. The van der Waals surface area contributed by atoms with Gasteiger partial charge in [0.25, 0.3) is 5.91 Å². The maximum Gasteiger partial charge on any atom is 0.406 e. The van der Waals surface area contributed by atoms with Crippen molar-refractivity contribution < 1.29 is 18.0 Å². The van der Waals surface area contributed by atoms with Gasteiger partial charge in [0.15, 0.2) is 0 Å². The molecule has 0 saturated carbocycles. The van der Waals surface area contributed by atoms with Crippen LogP contribution < -0.4 is 0 Å². The Morgan fingerprint density at radius 3 is 2.26 bits per heavy atom. The zero-order valence-corrected chi connectivity index (χ0v) is 14.0. The zero-order valence-electron chi connectivity index (χ0n) is 13.2. The molecule has 2 aromatic rings. The van der Waals surface area contributed by atoms with Crippen LogP contribution >= 0.6 is 11.3 Å². The van der Waals surface area contributed by atoms with Crippen molar-refractivity contribution in [3.05, 3.63) is 56.8 Å². The lowest BCUT2D eigenvalue weighted by molar-refractivity contribution is -0.141. The highest BCUT2D eigenvalue weighted by Crippen LogP contribution is 2.24. The van der Waals surface area contributed by atoms with E-state index in [4.69, 9.17) is 0 Å². The van der Waals surface area contributed by atoms with Gasteiger partial charge in [-0.1, -0.05) is 17.7 Å². The van der Waals surface area contributed by atoms with Crippen LogP contribution in [0.1, 0.15) is 32.6 Å². The predicted octanol–water partition coefficient (Wildman–Crippen LogP) is 4.88. The Kier molecular flexibility index (Phi) is 5.14. The maximum absolute atomic E-state index is 12.9. The molecule has 2 rings (SSSR count). The van der Waals surface area contributed by atoms with Crippen LogP contribution in [0.5, 0.6) is 0 Å². The number of amides is 1. The molecule has 0 atom stereocenters. The van der Waals surface area contributed by atoms with E-state index in [1.165, 1.54) is 11.3 Å². The number of carbonyl (C=O) groups is 1. The molecule has 0 aliphatic carbocycles. The maximum atomic E-state index is 12.9. The van der Waals surface area contributed by atoms with Gasteiger partial charge in [-0.25, -0.2) is 0 Å². The largest absolute Gasteiger partial charge is 0.406 e. The standard InChI is InChI=1S/C17H18F3NOS/c1-11-6-12(2)15(13(3)7-11)16(22)21(10-17(18,19)20)8-14-4-5-23-9-14/h4-7,9H,8,10H2,1-3H3. The predicted molar refractivity (Wildman–Crippen MR) is 85.8 cm³/mol. The topological polar surface area (TPSA) is 20.3 Å². The Balaban J connectivity index is 2.36. The van der Waals surface area contributed by atoms with Crippen LogP contribution in [0.3, 0.4) is 0 Å². The van der Waals surface area contributed by atoms with Crippen molar-refractivity contribution in [2.75, 3.05) is 6.54 Å². The van der Waals surface area contributed by atoms with Crippen molar-refractivity contribution in [1.82, 2.24) is 4.90 Å². The number of carbonyl (C=O) groups excluding carboxylic acids is 1. The summed E-state index contributed by atoms with van der Waals surface area (Å²) in [5, 5.41) is 3.54. The molecule has 1 aromatic carbocycles. The van der Waals surface area contributed by atoms with Gasteiger partial charge in [0, 0.05) is 12.1 Å². The summed E-state index contributed by atoms with van der Waals surface area (Å²) in [6, 6.07) is 5.36. The molecule has 1 amide bonds. The van der Waals surface area contributed by atoms with E-state index >= 15 is 0 Å².